The van der Waals surface area contributed by atoms with E-state index >= 15 is 0 Å². The summed E-state index contributed by atoms with van der Waals surface area (Å²) in [5.41, 5.74) is -0.295. The molecule has 1 aromatic carbocycles. The topological polar surface area (TPSA) is 66.8 Å². The number of hydrogen-bond donors (Lipinski definition) is 2. The number of carbonyl (C=O) groups is 1. The Bertz CT molecular complexity index is 441. The zero-order chi connectivity index (χ0) is 13.9. The highest BCUT2D eigenvalue weighted by molar-refractivity contribution is 6.32. The van der Waals surface area contributed by atoms with Crippen LogP contribution in [0.25, 0.3) is 0 Å². The Kier molecular flexibility index (Phi) is 4.59. The molecule has 5 heteroatoms. The SMILES string of the molecule is C[C@H](O)c1ccc(OCC(C)(C)C(=O)O)c(Cl)c1. The number of benzene rings is 1. The highest BCUT2D eigenvalue weighted by Crippen LogP contribution is 2.29. The summed E-state index contributed by atoms with van der Waals surface area (Å²) in [5, 5.41) is 18.7. The summed E-state index contributed by atoms with van der Waals surface area (Å²) in [4.78, 5) is 10.9. The number of aliphatic carboxylic acids is 1. The molecule has 2 N–H and O–H groups in total. The van der Waals surface area contributed by atoms with Crippen molar-refractivity contribution >= 4 is 17.6 Å². The first kappa shape index (κ1) is 14.8. The molecule has 1 atom stereocenters. The van der Waals surface area contributed by atoms with Crippen molar-refractivity contribution in [2.45, 2.75) is 26.9 Å². The van der Waals surface area contributed by atoms with Crippen molar-refractivity contribution < 1.29 is 19.7 Å². The molecule has 0 amide bonds. The van der Waals surface area contributed by atoms with Gasteiger partial charge in [0.1, 0.15) is 12.4 Å². The van der Waals surface area contributed by atoms with Crippen molar-refractivity contribution in [3.8, 4) is 5.75 Å². The molecule has 18 heavy (non-hydrogen) atoms. The van der Waals surface area contributed by atoms with E-state index in [9.17, 15) is 9.90 Å². The first-order valence-electron chi connectivity index (χ1n) is 5.58. The van der Waals surface area contributed by atoms with E-state index in [1.165, 1.54) is 0 Å². The van der Waals surface area contributed by atoms with Gasteiger partial charge in [-0.2, -0.15) is 0 Å². The van der Waals surface area contributed by atoms with Crippen LogP contribution in [0.3, 0.4) is 0 Å². The monoisotopic (exact) mass is 272 g/mol. The van der Waals surface area contributed by atoms with Crippen LogP contribution >= 0.6 is 11.6 Å². The van der Waals surface area contributed by atoms with Crippen molar-refractivity contribution in [2.24, 2.45) is 5.41 Å². The summed E-state index contributed by atoms with van der Waals surface area (Å²) < 4.78 is 5.40. The lowest BCUT2D eigenvalue weighted by atomic mass is 9.95. The molecular weight excluding hydrogens is 256 g/mol. The van der Waals surface area contributed by atoms with Gasteiger partial charge in [-0.25, -0.2) is 0 Å². The third-order valence-electron chi connectivity index (χ3n) is 2.61. The number of carboxylic acids is 1. The van der Waals surface area contributed by atoms with E-state index in [0.717, 1.165) is 0 Å². The Labute approximate surface area is 111 Å². The second kappa shape index (κ2) is 5.59. The molecule has 0 bridgehead atoms. The Balaban J connectivity index is 2.78. The van der Waals surface area contributed by atoms with Gasteiger partial charge in [0.2, 0.25) is 0 Å². The van der Waals surface area contributed by atoms with E-state index in [0.29, 0.717) is 16.3 Å². The Morgan fingerprint density at radius 3 is 2.56 bits per heavy atom. The fourth-order valence-corrected chi connectivity index (χ4v) is 1.46. The molecule has 0 unspecified atom stereocenters. The van der Waals surface area contributed by atoms with Crippen LogP contribution in [0.1, 0.15) is 32.4 Å². The number of carboxylic acid groups (broad SMARTS) is 1. The van der Waals surface area contributed by atoms with E-state index in [2.05, 4.69) is 0 Å². The molecule has 0 aromatic heterocycles. The van der Waals surface area contributed by atoms with E-state index in [1.807, 2.05) is 0 Å². The summed E-state index contributed by atoms with van der Waals surface area (Å²) in [6.07, 6.45) is -0.605. The summed E-state index contributed by atoms with van der Waals surface area (Å²) in [6, 6.07) is 4.93. The van der Waals surface area contributed by atoms with Crippen LogP contribution in [0.5, 0.6) is 5.75 Å². The molecule has 1 aromatic rings. The van der Waals surface area contributed by atoms with Gasteiger partial charge < -0.3 is 14.9 Å². The van der Waals surface area contributed by atoms with Crippen LogP contribution in [0.4, 0.5) is 0 Å². The van der Waals surface area contributed by atoms with Gasteiger partial charge >= 0.3 is 5.97 Å². The molecule has 0 heterocycles. The third kappa shape index (κ3) is 3.62. The zero-order valence-electron chi connectivity index (χ0n) is 10.6. The van der Waals surface area contributed by atoms with Gasteiger partial charge in [0, 0.05) is 0 Å². The molecular formula is C13H17ClO4. The van der Waals surface area contributed by atoms with Crippen LogP contribution in [0.15, 0.2) is 18.2 Å². The normalized spacial score (nSPS) is 13.2. The number of hydrogen-bond acceptors (Lipinski definition) is 3. The van der Waals surface area contributed by atoms with Gasteiger partial charge in [-0.1, -0.05) is 17.7 Å². The molecule has 0 radical (unpaired) electrons. The lowest BCUT2D eigenvalue weighted by Gasteiger charge is -2.20. The van der Waals surface area contributed by atoms with Crippen LogP contribution in [-0.4, -0.2) is 22.8 Å². The second-order valence-corrected chi connectivity index (χ2v) is 5.25. The van der Waals surface area contributed by atoms with E-state index in [-0.39, 0.29) is 6.61 Å². The van der Waals surface area contributed by atoms with Crippen molar-refractivity contribution in [2.75, 3.05) is 6.61 Å². The highest BCUT2D eigenvalue weighted by atomic mass is 35.5. The van der Waals surface area contributed by atoms with Crippen LogP contribution in [0, 0.1) is 5.41 Å². The summed E-state index contributed by atoms with van der Waals surface area (Å²) in [5.74, 6) is -0.519. The summed E-state index contributed by atoms with van der Waals surface area (Å²) >= 11 is 6.00. The second-order valence-electron chi connectivity index (χ2n) is 4.84. The number of rotatable bonds is 5. The minimum Gasteiger partial charge on any atom is -0.491 e. The van der Waals surface area contributed by atoms with Crippen LogP contribution in [0.2, 0.25) is 5.02 Å². The maximum Gasteiger partial charge on any atom is 0.312 e. The molecule has 0 aliphatic carbocycles. The van der Waals surface area contributed by atoms with Crippen LogP contribution in [-0.2, 0) is 4.79 Å². The van der Waals surface area contributed by atoms with E-state index < -0.39 is 17.5 Å². The maximum absolute atomic E-state index is 10.9. The van der Waals surface area contributed by atoms with Gasteiger partial charge in [0.05, 0.1) is 16.5 Å². The fourth-order valence-electron chi connectivity index (χ4n) is 1.21. The number of aliphatic hydroxyl groups is 1. The van der Waals surface area contributed by atoms with Crippen molar-refractivity contribution in [3.63, 3.8) is 0 Å². The Morgan fingerprint density at radius 2 is 2.11 bits per heavy atom. The van der Waals surface area contributed by atoms with Crippen LogP contribution < -0.4 is 4.74 Å². The van der Waals surface area contributed by atoms with Gasteiger partial charge in [0.15, 0.2) is 0 Å². The predicted octanol–water partition coefficient (Wildman–Crippen LogP) is 2.88. The highest BCUT2D eigenvalue weighted by Gasteiger charge is 2.28. The molecule has 4 nitrogen and oxygen atoms in total. The van der Waals surface area contributed by atoms with Gasteiger partial charge in [0.25, 0.3) is 0 Å². The number of aliphatic hydroxyl groups excluding tert-OH is 1. The van der Waals surface area contributed by atoms with Crippen molar-refractivity contribution in [3.05, 3.63) is 28.8 Å². The fraction of sp³-hybridized carbons (Fsp3) is 0.462. The van der Waals surface area contributed by atoms with Gasteiger partial charge in [-0.05, 0) is 38.5 Å². The van der Waals surface area contributed by atoms with Crippen molar-refractivity contribution in [1.29, 1.82) is 0 Å². The first-order chi connectivity index (χ1) is 8.24. The molecule has 1 rings (SSSR count). The average Bonchev–Trinajstić information content (AvgIpc) is 2.26. The minimum absolute atomic E-state index is 0.0239. The molecule has 0 aliphatic heterocycles. The molecule has 0 saturated heterocycles. The van der Waals surface area contributed by atoms with Crippen molar-refractivity contribution in [1.82, 2.24) is 0 Å². The molecule has 0 fully saturated rings. The lowest BCUT2D eigenvalue weighted by molar-refractivity contribution is -0.148. The average molecular weight is 273 g/mol. The van der Waals surface area contributed by atoms with E-state index in [1.54, 1.807) is 39.0 Å². The Hall–Kier alpha value is -1.26. The zero-order valence-corrected chi connectivity index (χ0v) is 11.4. The standard InChI is InChI=1S/C13H17ClO4/c1-8(15)9-4-5-11(10(14)6-9)18-7-13(2,3)12(16)17/h4-6,8,15H,7H2,1-3H3,(H,16,17)/t8-/m0/s1. The molecule has 0 aliphatic rings. The molecule has 100 valence electrons. The first-order valence-corrected chi connectivity index (χ1v) is 5.95. The minimum atomic E-state index is -0.980. The summed E-state index contributed by atoms with van der Waals surface area (Å²) in [7, 11) is 0. The lowest BCUT2D eigenvalue weighted by Crippen LogP contribution is -2.30. The van der Waals surface area contributed by atoms with Gasteiger partial charge in [-0.3, -0.25) is 4.79 Å². The maximum atomic E-state index is 10.9. The molecule has 0 spiro atoms. The number of ether oxygens (including phenoxy) is 1. The predicted molar refractivity (Wildman–Crippen MR) is 69.0 cm³/mol. The Morgan fingerprint density at radius 1 is 1.50 bits per heavy atom. The smallest absolute Gasteiger partial charge is 0.312 e. The largest absolute Gasteiger partial charge is 0.491 e. The quantitative estimate of drug-likeness (QED) is 0.865. The van der Waals surface area contributed by atoms with E-state index in [4.69, 9.17) is 21.4 Å². The molecule has 0 saturated carbocycles. The number of halogens is 1. The summed E-state index contributed by atoms with van der Waals surface area (Å²) in [6.45, 7) is 4.82. The third-order valence-corrected chi connectivity index (χ3v) is 2.90. The van der Waals surface area contributed by atoms with Gasteiger partial charge in [-0.15, -0.1) is 0 Å².